The highest BCUT2D eigenvalue weighted by Crippen LogP contribution is 2.23. The Balaban J connectivity index is 1.79. The van der Waals surface area contributed by atoms with Gasteiger partial charge in [-0.2, -0.15) is 10.4 Å². The number of hydrogen-bond acceptors (Lipinski definition) is 3. The van der Waals surface area contributed by atoms with Gasteiger partial charge in [0.25, 0.3) is 0 Å². The molecule has 1 fully saturated rings. The zero-order valence-corrected chi connectivity index (χ0v) is 12.8. The second kappa shape index (κ2) is 7.24. The molecular formula is C18H22N4. The van der Waals surface area contributed by atoms with Gasteiger partial charge in [-0.05, 0) is 12.8 Å². The fraction of sp³-hybridized carbons (Fsp3) is 0.444. The van der Waals surface area contributed by atoms with Gasteiger partial charge >= 0.3 is 0 Å². The molecule has 1 saturated carbocycles. The summed E-state index contributed by atoms with van der Waals surface area (Å²) >= 11 is 0. The number of nitriles is 1. The maximum atomic E-state index is 8.76. The number of aromatic nitrogens is 2. The quantitative estimate of drug-likeness (QED) is 0.887. The smallest absolute Gasteiger partial charge is 0.0968 e. The van der Waals surface area contributed by atoms with Crippen LogP contribution < -0.4 is 5.32 Å². The van der Waals surface area contributed by atoms with E-state index < -0.39 is 0 Å². The summed E-state index contributed by atoms with van der Waals surface area (Å²) in [6.07, 6.45) is 7.81. The van der Waals surface area contributed by atoms with E-state index in [1.807, 2.05) is 22.9 Å². The van der Waals surface area contributed by atoms with Crippen molar-refractivity contribution >= 4 is 0 Å². The largest absolute Gasteiger partial charge is 0.310 e. The van der Waals surface area contributed by atoms with Gasteiger partial charge in [0.15, 0.2) is 0 Å². The van der Waals surface area contributed by atoms with Crippen LogP contribution in [0, 0.1) is 11.3 Å². The molecule has 1 aromatic heterocycles. The van der Waals surface area contributed by atoms with Crippen molar-refractivity contribution in [1.29, 1.82) is 5.26 Å². The minimum absolute atomic E-state index is 0.491. The zero-order valence-electron chi connectivity index (χ0n) is 12.8. The molecule has 0 spiro atoms. The predicted octanol–water partition coefficient (Wildman–Crippen LogP) is 3.50. The molecule has 1 aliphatic carbocycles. The molecule has 114 valence electrons. The van der Waals surface area contributed by atoms with Gasteiger partial charge < -0.3 is 5.32 Å². The highest BCUT2D eigenvalue weighted by atomic mass is 15.3. The number of aryl methyl sites for hydroxylation is 1. The van der Waals surface area contributed by atoms with Crippen LogP contribution in [0.15, 0.2) is 36.5 Å². The van der Waals surface area contributed by atoms with Gasteiger partial charge in [0.2, 0.25) is 0 Å². The van der Waals surface area contributed by atoms with Crippen LogP contribution in [0.1, 0.15) is 37.7 Å². The van der Waals surface area contributed by atoms with Crippen molar-refractivity contribution in [3.05, 3.63) is 42.1 Å². The monoisotopic (exact) mass is 294 g/mol. The molecule has 0 bridgehead atoms. The summed E-state index contributed by atoms with van der Waals surface area (Å²) in [6, 6.07) is 13.1. The third-order valence-corrected chi connectivity index (χ3v) is 4.27. The minimum atomic E-state index is 0.491. The molecule has 0 atom stereocenters. The van der Waals surface area contributed by atoms with Crippen molar-refractivity contribution < 1.29 is 0 Å². The fourth-order valence-electron chi connectivity index (χ4n) is 3.09. The number of nitrogens with one attached hydrogen (secondary N) is 1. The number of rotatable bonds is 6. The lowest BCUT2D eigenvalue weighted by atomic mass is 10.1. The van der Waals surface area contributed by atoms with Crippen LogP contribution in [0.3, 0.4) is 0 Å². The summed E-state index contributed by atoms with van der Waals surface area (Å²) in [5, 5.41) is 17.1. The van der Waals surface area contributed by atoms with E-state index in [0.29, 0.717) is 19.0 Å². The van der Waals surface area contributed by atoms with E-state index in [2.05, 4.69) is 34.8 Å². The zero-order chi connectivity index (χ0) is 15.2. The molecule has 3 rings (SSSR count). The fourth-order valence-corrected chi connectivity index (χ4v) is 3.09. The Labute approximate surface area is 131 Å². The van der Waals surface area contributed by atoms with Crippen molar-refractivity contribution in [2.24, 2.45) is 0 Å². The van der Waals surface area contributed by atoms with Crippen LogP contribution in [0.4, 0.5) is 0 Å². The number of nitrogens with zero attached hydrogens (tertiary/aromatic N) is 3. The van der Waals surface area contributed by atoms with Gasteiger partial charge in [-0.25, -0.2) is 0 Å². The molecule has 1 N–H and O–H groups in total. The number of hydrogen-bond donors (Lipinski definition) is 1. The first kappa shape index (κ1) is 14.8. The molecule has 0 unspecified atom stereocenters. The average Bonchev–Trinajstić information content (AvgIpc) is 3.21. The Hall–Kier alpha value is -2.12. The molecule has 22 heavy (non-hydrogen) atoms. The molecule has 2 aromatic rings. The lowest BCUT2D eigenvalue weighted by Crippen LogP contribution is -2.25. The SMILES string of the molecule is N#CCCn1cc(CNC2CCCC2)c(-c2ccccc2)n1. The summed E-state index contributed by atoms with van der Waals surface area (Å²) in [5.41, 5.74) is 3.39. The molecule has 1 aromatic carbocycles. The maximum Gasteiger partial charge on any atom is 0.0968 e. The van der Waals surface area contributed by atoms with E-state index in [4.69, 9.17) is 5.26 Å². The van der Waals surface area contributed by atoms with Gasteiger partial charge in [-0.3, -0.25) is 4.68 Å². The topological polar surface area (TPSA) is 53.6 Å². The van der Waals surface area contributed by atoms with Gasteiger partial charge in [0, 0.05) is 29.9 Å². The van der Waals surface area contributed by atoms with Crippen molar-refractivity contribution in [3.63, 3.8) is 0 Å². The molecule has 0 radical (unpaired) electrons. The molecule has 1 aliphatic rings. The lowest BCUT2D eigenvalue weighted by Gasteiger charge is -2.11. The first-order valence-electron chi connectivity index (χ1n) is 8.09. The Morgan fingerprint density at radius 1 is 1.23 bits per heavy atom. The standard InChI is InChI=1S/C18H22N4/c19-11-6-12-22-14-16(13-20-17-9-4-5-10-17)18(21-22)15-7-2-1-3-8-15/h1-3,7-8,14,17,20H,4-6,9-10,12-13H2. The van der Waals surface area contributed by atoms with E-state index in [1.165, 1.54) is 31.2 Å². The first-order valence-corrected chi connectivity index (χ1v) is 8.09. The Kier molecular flexibility index (Phi) is 4.87. The predicted molar refractivity (Wildman–Crippen MR) is 87.0 cm³/mol. The normalized spacial score (nSPS) is 15.0. The van der Waals surface area contributed by atoms with E-state index in [1.54, 1.807) is 0 Å². The van der Waals surface area contributed by atoms with Crippen LogP contribution in [-0.2, 0) is 13.1 Å². The Morgan fingerprint density at radius 2 is 2.00 bits per heavy atom. The second-order valence-corrected chi connectivity index (χ2v) is 5.90. The van der Waals surface area contributed by atoms with Crippen molar-refractivity contribution in [2.75, 3.05) is 0 Å². The van der Waals surface area contributed by atoms with Crippen molar-refractivity contribution in [3.8, 4) is 17.3 Å². The third-order valence-electron chi connectivity index (χ3n) is 4.27. The first-order chi connectivity index (χ1) is 10.9. The molecule has 4 heteroatoms. The maximum absolute atomic E-state index is 8.76. The van der Waals surface area contributed by atoms with Crippen molar-refractivity contribution in [1.82, 2.24) is 15.1 Å². The number of benzene rings is 1. The van der Waals surface area contributed by atoms with Gasteiger partial charge in [0.1, 0.15) is 0 Å². The van der Waals surface area contributed by atoms with Gasteiger partial charge in [0.05, 0.1) is 24.7 Å². The second-order valence-electron chi connectivity index (χ2n) is 5.90. The molecule has 0 saturated heterocycles. The molecule has 0 amide bonds. The van der Waals surface area contributed by atoms with E-state index in [-0.39, 0.29) is 0 Å². The van der Waals surface area contributed by atoms with Gasteiger partial charge in [-0.1, -0.05) is 43.2 Å². The summed E-state index contributed by atoms with van der Waals surface area (Å²) in [4.78, 5) is 0. The summed E-state index contributed by atoms with van der Waals surface area (Å²) in [6.45, 7) is 1.50. The van der Waals surface area contributed by atoms with E-state index in [0.717, 1.165) is 17.8 Å². The molecule has 0 aliphatic heterocycles. The van der Waals surface area contributed by atoms with Gasteiger partial charge in [-0.15, -0.1) is 0 Å². The van der Waals surface area contributed by atoms with E-state index >= 15 is 0 Å². The third kappa shape index (κ3) is 3.55. The molecule has 1 heterocycles. The minimum Gasteiger partial charge on any atom is -0.310 e. The summed E-state index contributed by atoms with van der Waals surface area (Å²) < 4.78 is 1.90. The average molecular weight is 294 g/mol. The highest BCUT2D eigenvalue weighted by molar-refractivity contribution is 5.62. The summed E-state index contributed by atoms with van der Waals surface area (Å²) in [5.74, 6) is 0. The summed E-state index contributed by atoms with van der Waals surface area (Å²) in [7, 11) is 0. The molecular weight excluding hydrogens is 272 g/mol. The lowest BCUT2D eigenvalue weighted by molar-refractivity contribution is 0.524. The van der Waals surface area contributed by atoms with Crippen LogP contribution >= 0.6 is 0 Å². The Morgan fingerprint density at radius 3 is 2.73 bits per heavy atom. The highest BCUT2D eigenvalue weighted by Gasteiger charge is 2.16. The Bertz CT molecular complexity index is 633. The van der Waals surface area contributed by atoms with Crippen LogP contribution in [-0.4, -0.2) is 15.8 Å². The van der Waals surface area contributed by atoms with Crippen LogP contribution in [0.25, 0.3) is 11.3 Å². The van der Waals surface area contributed by atoms with Crippen LogP contribution in [0.2, 0.25) is 0 Å². The molecule has 4 nitrogen and oxygen atoms in total. The van der Waals surface area contributed by atoms with Crippen LogP contribution in [0.5, 0.6) is 0 Å². The van der Waals surface area contributed by atoms with Crippen molar-refractivity contribution in [2.45, 2.75) is 51.2 Å². The van der Waals surface area contributed by atoms with E-state index in [9.17, 15) is 0 Å².